The third-order valence-corrected chi connectivity index (χ3v) is 6.08. The molecule has 0 radical (unpaired) electrons. The van der Waals surface area contributed by atoms with E-state index in [1.165, 1.54) is 23.2 Å². The molecule has 0 aromatic heterocycles. The molecule has 0 saturated carbocycles. The minimum Gasteiger partial charge on any atom is -0.371 e. The van der Waals surface area contributed by atoms with Crippen LogP contribution in [0, 0.1) is 5.92 Å². The van der Waals surface area contributed by atoms with Crippen molar-refractivity contribution in [2.45, 2.75) is 45.4 Å². The van der Waals surface area contributed by atoms with Gasteiger partial charge in [-0.2, -0.15) is 0 Å². The number of nitrogens with zero attached hydrogens (tertiary/aromatic N) is 3. The average Bonchev–Trinajstić information content (AvgIpc) is 2.69. The molecule has 3 aliphatic rings. The quantitative estimate of drug-likeness (QED) is 0.814. The Balaban J connectivity index is 1.61. The van der Waals surface area contributed by atoms with Crippen LogP contribution in [0.3, 0.4) is 0 Å². The highest BCUT2D eigenvalue weighted by Gasteiger charge is 2.32. The molecule has 1 aromatic carbocycles. The molecule has 0 N–H and O–H groups in total. The van der Waals surface area contributed by atoms with Gasteiger partial charge in [-0.15, -0.1) is 0 Å². The lowest BCUT2D eigenvalue weighted by Gasteiger charge is -2.34. The van der Waals surface area contributed by atoms with Crippen molar-refractivity contribution in [1.29, 1.82) is 0 Å². The van der Waals surface area contributed by atoms with Gasteiger partial charge in [-0.3, -0.25) is 9.79 Å². The summed E-state index contributed by atoms with van der Waals surface area (Å²) >= 11 is 0. The number of hydrogen-bond acceptors (Lipinski definition) is 4. The van der Waals surface area contributed by atoms with Crippen LogP contribution in [0.25, 0.3) is 0 Å². The van der Waals surface area contributed by atoms with Crippen LogP contribution in [0.5, 0.6) is 0 Å². The maximum absolute atomic E-state index is 13.4. The predicted octanol–water partition coefficient (Wildman–Crippen LogP) is 3.77. The molecule has 0 amide bonds. The summed E-state index contributed by atoms with van der Waals surface area (Å²) in [4.78, 5) is 22.5. The van der Waals surface area contributed by atoms with Gasteiger partial charge in [0.2, 0.25) is 0 Å². The Labute approximate surface area is 156 Å². The summed E-state index contributed by atoms with van der Waals surface area (Å²) in [5, 5.41) is 0. The third kappa shape index (κ3) is 3.29. The number of aryl methyl sites for hydroxylation is 1. The predicted molar refractivity (Wildman–Crippen MR) is 107 cm³/mol. The number of anilines is 1. The molecule has 26 heavy (non-hydrogen) atoms. The molecule has 4 rings (SSSR count). The van der Waals surface area contributed by atoms with Gasteiger partial charge in [0, 0.05) is 55.3 Å². The Morgan fingerprint density at radius 2 is 2.08 bits per heavy atom. The first-order valence-corrected chi connectivity index (χ1v) is 9.98. The van der Waals surface area contributed by atoms with E-state index in [0.717, 1.165) is 51.2 Å². The molecule has 1 aromatic rings. The van der Waals surface area contributed by atoms with E-state index in [9.17, 15) is 4.79 Å². The molecule has 0 aliphatic carbocycles. The van der Waals surface area contributed by atoms with Crippen molar-refractivity contribution in [2.75, 3.05) is 31.1 Å². The number of rotatable bonds is 2. The number of para-hydroxylation sites is 1. The minimum atomic E-state index is -0.0304. The molecular formula is C22H29N3O. The second-order valence-corrected chi connectivity index (χ2v) is 8.00. The highest BCUT2D eigenvalue weighted by Crippen LogP contribution is 2.38. The zero-order chi connectivity index (χ0) is 18.1. The Bertz CT molecular complexity index is 752. The number of Topliss-reactive ketones (excluding diaryl/α,β-unsaturated/α-hetero) is 1. The molecule has 4 nitrogen and oxygen atoms in total. The Morgan fingerprint density at radius 1 is 1.23 bits per heavy atom. The number of carbonyl (C=O) groups excluding carboxylic acids is 1. The summed E-state index contributed by atoms with van der Waals surface area (Å²) in [6, 6.07) is 6.57. The first kappa shape index (κ1) is 17.3. The van der Waals surface area contributed by atoms with Gasteiger partial charge in [0.25, 0.3) is 0 Å². The normalized spacial score (nSPS) is 25.9. The molecule has 2 atom stereocenters. The average molecular weight is 351 g/mol. The van der Waals surface area contributed by atoms with E-state index in [2.05, 4.69) is 46.8 Å². The fraction of sp³-hybridized carbons (Fsp3) is 0.545. The van der Waals surface area contributed by atoms with Gasteiger partial charge in [0.15, 0.2) is 0 Å². The molecule has 0 spiro atoms. The van der Waals surface area contributed by atoms with E-state index >= 15 is 0 Å². The van der Waals surface area contributed by atoms with Crippen LogP contribution in [-0.2, 0) is 11.2 Å². The molecule has 4 heteroatoms. The molecule has 0 saturated heterocycles. The smallest absolute Gasteiger partial charge is 0.144 e. The van der Waals surface area contributed by atoms with Crippen molar-refractivity contribution < 1.29 is 4.79 Å². The van der Waals surface area contributed by atoms with Crippen LogP contribution in [0.2, 0.25) is 0 Å². The van der Waals surface area contributed by atoms with Crippen LogP contribution in [0.15, 0.2) is 35.6 Å². The van der Waals surface area contributed by atoms with E-state index in [1.54, 1.807) is 0 Å². The van der Waals surface area contributed by atoms with Crippen LogP contribution < -0.4 is 4.90 Å². The lowest BCUT2D eigenvalue weighted by molar-refractivity contribution is -0.124. The van der Waals surface area contributed by atoms with Crippen LogP contribution >= 0.6 is 0 Å². The summed E-state index contributed by atoms with van der Waals surface area (Å²) in [7, 11) is 0. The molecule has 3 aliphatic heterocycles. The van der Waals surface area contributed by atoms with E-state index < -0.39 is 0 Å². The second-order valence-electron chi connectivity index (χ2n) is 8.00. The van der Waals surface area contributed by atoms with E-state index in [1.807, 2.05) is 12.4 Å². The Hall–Kier alpha value is -2.10. The summed E-state index contributed by atoms with van der Waals surface area (Å²) < 4.78 is 0. The molecule has 0 bridgehead atoms. The number of carbonyl (C=O) groups is 1. The fourth-order valence-corrected chi connectivity index (χ4v) is 4.75. The van der Waals surface area contributed by atoms with Crippen molar-refractivity contribution in [3.05, 3.63) is 41.7 Å². The lowest BCUT2D eigenvalue weighted by Crippen LogP contribution is -2.35. The lowest BCUT2D eigenvalue weighted by atomic mass is 9.84. The molecule has 138 valence electrons. The highest BCUT2D eigenvalue weighted by molar-refractivity contribution is 5.90. The monoisotopic (exact) mass is 351 g/mol. The van der Waals surface area contributed by atoms with E-state index in [-0.39, 0.29) is 11.8 Å². The zero-order valence-corrected chi connectivity index (χ0v) is 15.9. The van der Waals surface area contributed by atoms with Crippen molar-refractivity contribution in [1.82, 2.24) is 4.90 Å². The summed E-state index contributed by atoms with van der Waals surface area (Å²) in [5.74, 6) is 0.467. The van der Waals surface area contributed by atoms with Crippen molar-refractivity contribution in [3.8, 4) is 0 Å². The maximum Gasteiger partial charge on any atom is 0.144 e. The highest BCUT2D eigenvalue weighted by atomic mass is 16.1. The Morgan fingerprint density at radius 3 is 2.92 bits per heavy atom. The van der Waals surface area contributed by atoms with Crippen molar-refractivity contribution in [2.24, 2.45) is 10.9 Å². The van der Waals surface area contributed by atoms with Gasteiger partial charge >= 0.3 is 0 Å². The van der Waals surface area contributed by atoms with Gasteiger partial charge in [0.05, 0.1) is 6.54 Å². The van der Waals surface area contributed by atoms with Crippen LogP contribution in [0.4, 0.5) is 5.69 Å². The van der Waals surface area contributed by atoms with Crippen LogP contribution in [0.1, 0.15) is 50.2 Å². The minimum absolute atomic E-state index is 0.0304. The second kappa shape index (κ2) is 7.26. The number of ketones is 1. The molecule has 0 fully saturated rings. The Kier molecular flexibility index (Phi) is 4.84. The van der Waals surface area contributed by atoms with Gasteiger partial charge < -0.3 is 9.80 Å². The SMILES string of the molecule is CC1=NC=CN(CC2CCCN3CCCc4cccc(c43)C(C)C2=O)C1. The number of benzene rings is 1. The van der Waals surface area contributed by atoms with Gasteiger partial charge in [0.1, 0.15) is 5.78 Å². The third-order valence-electron chi connectivity index (χ3n) is 6.08. The van der Waals surface area contributed by atoms with Crippen molar-refractivity contribution >= 4 is 17.2 Å². The molecule has 2 unspecified atom stereocenters. The fourth-order valence-electron chi connectivity index (χ4n) is 4.75. The number of hydrogen-bond donors (Lipinski definition) is 0. The number of aliphatic imine (C=N–C) groups is 1. The summed E-state index contributed by atoms with van der Waals surface area (Å²) in [5.41, 5.74) is 5.15. The largest absolute Gasteiger partial charge is 0.371 e. The first-order valence-electron chi connectivity index (χ1n) is 9.98. The van der Waals surface area contributed by atoms with E-state index in [0.29, 0.717) is 5.78 Å². The standard InChI is InChI=1S/C22H29N3O/c1-16-14-24(13-10-23-16)15-19-8-5-12-25-11-4-7-18-6-3-9-20(21(18)25)17(2)22(19)26/h3,6,9-10,13,17,19H,4-5,7-8,11-12,14-15H2,1-2H3. The maximum atomic E-state index is 13.4. The van der Waals surface area contributed by atoms with Crippen LogP contribution in [-0.4, -0.2) is 42.6 Å². The van der Waals surface area contributed by atoms with Crippen molar-refractivity contribution in [3.63, 3.8) is 0 Å². The van der Waals surface area contributed by atoms with Gasteiger partial charge in [-0.05, 0) is 43.7 Å². The summed E-state index contributed by atoms with van der Waals surface area (Å²) in [6.07, 6.45) is 8.31. The zero-order valence-electron chi connectivity index (χ0n) is 15.9. The first-order chi connectivity index (χ1) is 12.6. The van der Waals surface area contributed by atoms with E-state index in [4.69, 9.17) is 0 Å². The van der Waals surface area contributed by atoms with Gasteiger partial charge in [-0.25, -0.2) is 0 Å². The molecule has 3 heterocycles. The summed E-state index contributed by atoms with van der Waals surface area (Å²) in [6.45, 7) is 8.00. The topological polar surface area (TPSA) is 35.9 Å². The molecular weight excluding hydrogens is 322 g/mol. The van der Waals surface area contributed by atoms with Gasteiger partial charge in [-0.1, -0.05) is 25.1 Å².